The summed E-state index contributed by atoms with van der Waals surface area (Å²) in [5, 5.41) is 3.14. The molecule has 0 aliphatic heterocycles. The number of aromatic nitrogens is 1. The zero-order valence-electron chi connectivity index (χ0n) is 11.4. The monoisotopic (exact) mass is 301 g/mol. The fourth-order valence-corrected chi connectivity index (χ4v) is 2.50. The number of hydrogen-bond donors (Lipinski definition) is 2. The third-order valence-electron chi connectivity index (χ3n) is 2.75. The highest BCUT2D eigenvalue weighted by Crippen LogP contribution is 2.22. The lowest BCUT2D eigenvalue weighted by Gasteiger charge is -2.13. The van der Waals surface area contributed by atoms with Gasteiger partial charge in [-0.25, -0.2) is 4.98 Å². The van der Waals surface area contributed by atoms with Crippen molar-refractivity contribution >= 4 is 29.3 Å². The SMILES string of the molecule is C[C@H](Sc1ccccn1)C(=O)Nc1ccccc1C(N)=O. The zero-order chi connectivity index (χ0) is 15.2. The van der Waals surface area contributed by atoms with Crippen molar-refractivity contribution in [2.75, 3.05) is 5.32 Å². The van der Waals surface area contributed by atoms with Gasteiger partial charge in [0, 0.05) is 6.20 Å². The number of carbonyl (C=O) groups is 2. The number of benzene rings is 1. The Hall–Kier alpha value is -2.34. The third kappa shape index (κ3) is 4.06. The smallest absolute Gasteiger partial charge is 0.250 e. The Bertz CT molecular complexity index is 646. The summed E-state index contributed by atoms with van der Waals surface area (Å²) in [5.74, 6) is -0.782. The van der Waals surface area contributed by atoms with Crippen molar-refractivity contribution in [3.8, 4) is 0 Å². The van der Waals surface area contributed by atoms with E-state index in [2.05, 4.69) is 10.3 Å². The summed E-state index contributed by atoms with van der Waals surface area (Å²) in [6.07, 6.45) is 1.68. The minimum Gasteiger partial charge on any atom is -0.366 e. The summed E-state index contributed by atoms with van der Waals surface area (Å²) >= 11 is 1.35. The number of anilines is 1. The van der Waals surface area contributed by atoms with Gasteiger partial charge in [0.25, 0.3) is 5.91 Å². The second-order valence-corrected chi connectivity index (χ2v) is 5.69. The summed E-state index contributed by atoms with van der Waals surface area (Å²) in [5.41, 5.74) is 6.00. The normalized spacial score (nSPS) is 11.7. The van der Waals surface area contributed by atoms with E-state index in [0.29, 0.717) is 11.3 Å². The molecule has 6 heteroatoms. The van der Waals surface area contributed by atoms with E-state index < -0.39 is 5.91 Å². The summed E-state index contributed by atoms with van der Waals surface area (Å²) in [6, 6.07) is 12.2. The molecule has 0 radical (unpaired) electrons. The van der Waals surface area contributed by atoms with Gasteiger partial charge in [0.05, 0.1) is 21.5 Å². The molecule has 21 heavy (non-hydrogen) atoms. The average Bonchev–Trinajstić information content (AvgIpc) is 2.48. The van der Waals surface area contributed by atoms with Gasteiger partial charge in [-0.15, -0.1) is 0 Å². The van der Waals surface area contributed by atoms with Gasteiger partial charge in [-0.1, -0.05) is 30.0 Å². The van der Waals surface area contributed by atoms with Crippen molar-refractivity contribution in [3.05, 3.63) is 54.2 Å². The van der Waals surface area contributed by atoms with Crippen LogP contribution in [0, 0.1) is 0 Å². The molecule has 0 saturated heterocycles. The van der Waals surface area contributed by atoms with Crippen molar-refractivity contribution in [1.82, 2.24) is 4.98 Å². The molecule has 1 aromatic heterocycles. The molecule has 2 aromatic rings. The van der Waals surface area contributed by atoms with Crippen LogP contribution in [0.5, 0.6) is 0 Å². The van der Waals surface area contributed by atoms with E-state index in [1.807, 2.05) is 18.2 Å². The zero-order valence-corrected chi connectivity index (χ0v) is 12.3. The Morgan fingerprint density at radius 3 is 2.57 bits per heavy atom. The number of amides is 2. The standard InChI is InChI=1S/C15H15N3O2S/c1-10(21-13-8-4-5-9-17-13)15(20)18-12-7-3-2-6-11(12)14(16)19/h2-10H,1H3,(H2,16,19)(H,18,20)/t10-/m0/s1. The Balaban J connectivity index is 2.06. The van der Waals surface area contributed by atoms with E-state index in [1.165, 1.54) is 11.8 Å². The number of nitrogens with one attached hydrogen (secondary N) is 1. The van der Waals surface area contributed by atoms with Crippen LogP contribution < -0.4 is 11.1 Å². The number of nitrogens with two attached hydrogens (primary N) is 1. The number of pyridine rings is 1. The minimum atomic E-state index is -0.573. The third-order valence-corrected chi connectivity index (χ3v) is 3.81. The molecule has 1 aromatic carbocycles. The molecule has 0 unspecified atom stereocenters. The lowest BCUT2D eigenvalue weighted by molar-refractivity contribution is -0.115. The molecule has 1 atom stereocenters. The first-order chi connectivity index (χ1) is 10.1. The Labute approximate surface area is 127 Å². The highest BCUT2D eigenvalue weighted by atomic mass is 32.2. The topological polar surface area (TPSA) is 85.1 Å². The second-order valence-electron chi connectivity index (χ2n) is 4.33. The maximum absolute atomic E-state index is 12.2. The molecular weight excluding hydrogens is 286 g/mol. The lowest BCUT2D eigenvalue weighted by Crippen LogP contribution is -2.24. The van der Waals surface area contributed by atoms with E-state index in [0.717, 1.165) is 5.03 Å². The number of para-hydroxylation sites is 1. The number of carbonyl (C=O) groups excluding carboxylic acids is 2. The number of rotatable bonds is 5. The Morgan fingerprint density at radius 2 is 1.90 bits per heavy atom. The van der Waals surface area contributed by atoms with E-state index >= 15 is 0 Å². The van der Waals surface area contributed by atoms with Crippen LogP contribution in [-0.4, -0.2) is 22.0 Å². The molecule has 2 amide bonds. The van der Waals surface area contributed by atoms with Crippen LogP contribution in [0.25, 0.3) is 0 Å². The first kappa shape index (κ1) is 15.1. The molecule has 1 heterocycles. The van der Waals surface area contributed by atoms with Crippen LogP contribution in [0.3, 0.4) is 0 Å². The maximum atomic E-state index is 12.2. The van der Waals surface area contributed by atoms with Gasteiger partial charge in [0.15, 0.2) is 0 Å². The molecule has 0 aliphatic carbocycles. The molecule has 0 saturated carbocycles. The quantitative estimate of drug-likeness (QED) is 0.830. The highest BCUT2D eigenvalue weighted by Gasteiger charge is 2.17. The number of thioether (sulfide) groups is 1. The maximum Gasteiger partial charge on any atom is 0.250 e. The summed E-state index contributed by atoms with van der Waals surface area (Å²) in [4.78, 5) is 27.7. The van der Waals surface area contributed by atoms with E-state index in [-0.39, 0.29) is 11.2 Å². The van der Waals surface area contributed by atoms with Crippen LogP contribution in [0.2, 0.25) is 0 Å². The van der Waals surface area contributed by atoms with E-state index in [9.17, 15) is 9.59 Å². The van der Waals surface area contributed by atoms with Crippen LogP contribution >= 0.6 is 11.8 Å². The molecule has 5 nitrogen and oxygen atoms in total. The van der Waals surface area contributed by atoms with Crippen molar-refractivity contribution in [2.45, 2.75) is 17.2 Å². The van der Waals surface area contributed by atoms with Crippen molar-refractivity contribution in [1.29, 1.82) is 0 Å². The van der Waals surface area contributed by atoms with Crippen LogP contribution in [0.1, 0.15) is 17.3 Å². The van der Waals surface area contributed by atoms with Crippen molar-refractivity contribution in [2.24, 2.45) is 5.73 Å². The molecule has 2 rings (SSSR count). The summed E-state index contributed by atoms with van der Waals surface area (Å²) in [7, 11) is 0. The molecular formula is C15H15N3O2S. The molecule has 0 aliphatic rings. The molecule has 0 spiro atoms. The predicted octanol–water partition coefficient (Wildman–Crippen LogP) is 2.30. The Kier molecular flexibility index (Phi) is 4.94. The van der Waals surface area contributed by atoms with Crippen LogP contribution in [-0.2, 0) is 4.79 Å². The van der Waals surface area contributed by atoms with Gasteiger partial charge in [-0.3, -0.25) is 9.59 Å². The fourth-order valence-electron chi connectivity index (χ4n) is 1.69. The summed E-state index contributed by atoms with van der Waals surface area (Å²) < 4.78 is 0. The van der Waals surface area contributed by atoms with Gasteiger partial charge in [-0.2, -0.15) is 0 Å². The average molecular weight is 301 g/mol. The fraction of sp³-hybridized carbons (Fsp3) is 0.133. The largest absolute Gasteiger partial charge is 0.366 e. The van der Waals surface area contributed by atoms with Gasteiger partial charge in [0.2, 0.25) is 5.91 Å². The van der Waals surface area contributed by atoms with E-state index in [4.69, 9.17) is 5.73 Å². The predicted molar refractivity (Wildman–Crippen MR) is 83.1 cm³/mol. The number of primary amides is 1. The number of nitrogens with zero attached hydrogens (tertiary/aromatic N) is 1. The van der Waals surface area contributed by atoms with Gasteiger partial charge in [-0.05, 0) is 31.2 Å². The minimum absolute atomic E-state index is 0.209. The first-order valence-corrected chi connectivity index (χ1v) is 7.23. The molecule has 0 bridgehead atoms. The van der Waals surface area contributed by atoms with E-state index in [1.54, 1.807) is 37.4 Å². The van der Waals surface area contributed by atoms with Crippen molar-refractivity contribution in [3.63, 3.8) is 0 Å². The summed E-state index contributed by atoms with van der Waals surface area (Å²) in [6.45, 7) is 1.78. The first-order valence-electron chi connectivity index (χ1n) is 6.35. The molecule has 3 N–H and O–H groups in total. The van der Waals surface area contributed by atoms with Gasteiger partial charge in [0.1, 0.15) is 0 Å². The Morgan fingerprint density at radius 1 is 1.19 bits per heavy atom. The molecule has 108 valence electrons. The second kappa shape index (κ2) is 6.90. The van der Waals surface area contributed by atoms with Gasteiger partial charge >= 0.3 is 0 Å². The molecule has 0 fully saturated rings. The van der Waals surface area contributed by atoms with Crippen LogP contribution in [0.4, 0.5) is 5.69 Å². The van der Waals surface area contributed by atoms with Crippen molar-refractivity contribution < 1.29 is 9.59 Å². The number of hydrogen-bond acceptors (Lipinski definition) is 4. The van der Waals surface area contributed by atoms with Crippen LogP contribution in [0.15, 0.2) is 53.7 Å². The lowest BCUT2D eigenvalue weighted by atomic mass is 10.1. The highest BCUT2D eigenvalue weighted by molar-refractivity contribution is 8.00. The van der Waals surface area contributed by atoms with Gasteiger partial charge < -0.3 is 11.1 Å².